The third-order valence-corrected chi connectivity index (χ3v) is 3.75. The number of hydrogen-bond donors (Lipinski definition) is 1. The molecule has 0 aliphatic rings. The molecule has 0 atom stereocenters. The Labute approximate surface area is 113 Å². The highest BCUT2D eigenvalue weighted by Crippen LogP contribution is 2.20. The van der Waals surface area contributed by atoms with Gasteiger partial charge in [-0.2, -0.15) is 0 Å². The molecule has 0 bridgehead atoms. The Bertz CT molecular complexity index is 355. The molecule has 1 heteroatoms. The van der Waals surface area contributed by atoms with E-state index in [-0.39, 0.29) is 0 Å². The standard InChI is InChI=1S/C17H29N/c1-4-6-7-8-9-16-12-14(3)15(5-2)13-17(16)10-11-18/h12-13H,4-11,18H2,1-3H3. The molecule has 0 radical (unpaired) electrons. The van der Waals surface area contributed by atoms with Crippen molar-refractivity contribution in [3.05, 3.63) is 34.4 Å². The average Bonchev–Trinajstić information content (AvgIpc) is 2.37. The summed E-state index contributed by atoms with van der Waals surface area (Å²) in [5, 5.41) is 0. The van der Waals surface area contributed by atoms with Gasteiger partial charge in [-0.05, 0) is 61.4 Å². The minimum Gasteiger partial charge on any atom is -0.330 e. The molecule has 0 aliphatic heterocycles. The number of rotatable bonds is 8. The average molecular weight is 247 g/mol. The summed E-state index contributed by atoms with van der Waals surface area (Å²) in [6, 6.07) is 4.78. The van der Waals surface area contributed by atoms with E-state index < -0.39 is 0 Å². The van der Waals surface area contributed by atoms with Crippen molar-refractivity contribution in [2.24, 2.45) is 5.73 Å². The van der Waals surface area contributed by atoms with Crippen molar-refractivity contribution in [2.75, 3.05) is 6.54 Å². The smallest absolute Gasteiger partial charge is 0.00366 e. The van der Waals surface area contributed by atoms with Gasteiger partial charge in [0.25, 0.3) is 0 Å². The molecule has 0 spiro atoms. The van der Waals surface area contributed by atoms with Crippen molar-refractivity contribution in [1.82, 2.24) is 0 Å². The van der Waals surface area contributed by atoms with E-state index >= 15 is 0 Å². The number of aryl methyl sites for hydroxylation is 3. The van der Waals surface area contributed by atoms with Crippen LogP contribution in [0.25, 0.3) is 0 Å². The molecular formula is C17H29N. The Morgan fingerprint density at radius 3 is 2.22 bits per heavy atom. The highest BCUT2D eigenvalue weighted by Gasteiger charge is 2.06. The van der Waals surface area contributed by atoms with Gasteiger partial charge < -0.3 is 5.73 Å². The van der Waals surface area contributed by atoms with Crippen molar-refractivity contribution in [3.8, 4) is 0 Å². The largest absolute Gasteiger partial charge is 0.330 e. The Hall–Kier alpha value is -0.820. The summed E-state index contributed by atoms with van der Waals surface area (Å²) in [4.78, 5) is 0. The van der Waals surface area contributed by atoms with Gasteiger partial charge in [0.15, 0.2) is 0 Å². The lowest BCUT2D eigenvalue weighted by atomic mass is 9.93. The fraction of sp³-hybridized carbons (Fsp3) is 0.647. The van der Waals surface area contributed by atoms with Gasteiger partial charge in [0.05, 0.1) is 0 Å². The summed E-state index contributed by atoms with van der Waals surface area (Å²) in [5.41, 5.74) is 11.7. The highest BCUT2D eigenvalue weighted by molar-refractivity contribution is 5.38. The van der Waals surface area contributed by atoms with E-state index in [4.69, 9.17) is 5.73 Å². The van der Waals surface area contributed by atoms with Gasteiger partial charge in [-0.3, -0.25) is 0 Å². The summed E-state index contributed by atoms with van der Waals surface area (Å²) in [6.07, 6.45) is 8.71. The van der Waals surface area contributed by atoms with Crippen LogP contribution in [0, 0.1) is 6.92 Å². The van der Waals surface area contributed by atoms with Crippen molar-refractivity contribution in [1.29, 1.82) is 0 Å². The van der Waals surface area contributed by atoms with Crippen LogP contribution in [0.1, 0.15) is 61.8 Å². The van der Waals surface area contributed by atoms with Gasteiger partial charge >= 0.3 is 0 Å². The number of nitrogens with two attached hydrogens (primary N) is 1. The van der Waals surface area contributed by atoms with Crippen LogP contribution in [0.3, 0.4) is 0 Å². The maximum Gasteiger partial charge on any atom is -0.00366 e. The van der Waals surface area contributed by atoms with Crippen LogP contribution in [0.15, 0.2) is 12.1 Å². The Morgan fingerprint density at radius 1 is 0.889 bits per heavy atom. The molecule has 18 heavy (non-hydrogen) atoms. The van der Waals surface area contributed by atoms with Crippen LogP contribution < -0.4 is 5.73 Å². The lowest BCUT2D eigenvalue weighted by Gasteiger charge is -2.13. The SMILES string of the molecule is CCCCCCc1cc(C)c(CC)cc1CCN. The van der Waals surface area contributed by atoms with Gasteiger partial charge in [-0.25, -0.2) is 0 Å². The molecule has 0 aromatic heterocycles. The first-order valence-electron chi connectivity index (χ1n) is 7.54. The van der Waals surface area contributed by atoms with Crippen LogP contribution >= 0.6 is 0 Å². The molecular weight excluding hydrogens is 218 g/mol. The fourth-order valence-corrected chi connectivity index (χ4v) is 2.61. The van der Waals surface area contributed by atoms with Crippen molar-refractivity contribution < 1.29 is 0 Å². The molecule has 1 aromatic rings. The van der Waals surface area contributed by atoms with E-state index in [1.807, 2.05) is 0 Å². The summed E-state index contributed by atoms with van der Waals surface area (Å²) < 4.78 is 0. The van der Waals surface area contributed by atoms with Crippen molar-refractivity contribution >= 4 is 0 Å². The number of benzene rings is 1. The molecule has 0 unspecified atom stereocenters. The molecule has 1 rings (SSSR count). The molecule has 0 heterocycles. The minimum atomic E-state index is 0.758. The van der Waals surface area contributed by atoms with Gasteiger partial charge in [-0.1, -0.05) is 45.2 Å². The summed E-state index contributed by atoms with van der Waals surface area (Å²) in [6.45, 7) is 7.49. The molecule has 0 saturated heterocycles. The topological polar surface area (TPSA) is 26.0 Å². The second-order valence-corrected chi connectivity index (χ2v) is 5.25. The number of unbranched alkanes of at least 4 members (excludes halogenated alkanes) is 3. The molecule has 2 N–H and O–H groups in total. The lowest BCUT2D eigenvalue weighted by molar-refractivity contribution is 0.664. The first kappa shape index (κ1) is 15.2. The predicted octanol–water partition coefficient (Wildman–Crippen LogP) is 4.18. The molecule has 0 aliphatic carbocycles. The quantitative estimate of drug-likeness (QED) is 0.685. The summed E-state index contributed by atoms with van der Waals surface area (Å²) >= 11 is 0. The van der Waals surface area contributed by atoms with Gasteiger partial charge in [-0.15, -0.1) is 0 Å². The maximum atomic E-state index is 5.74. The highest BCUT2D eigenvalue weighted by atomic mass is 14.5. The Balaban J connectivity index is 2.77. The van der Waals surface area contributed by atoms with Crippen LogP contribution in [0.5, 0.6) is 0 Å². The van der Waals surface area contributed by atoms with Gasteiger partial charge in [0.2, 0.25) is 0 Å². The fourth-order valence-electron chi connectivity index (χ4n) is 2.61. The third-order valence-electron chi connectivity index (χ3n) is 3.75. The van der Waals surface area contributed by atoms with Crippen LogP contribution in [-0.2, 0) is 19.3 Å². The Morgan fingerprint density at radius 2 is 1.61 bits per heavy atom. The summed E-state index contributed by atoms with van der Waals surface area (Å²) in [7, 11) is 0. The zero-order chi connectivity index (χ0) is 13.4. The van der Waals surface area contributed by atoms with E-state index in [0.29, 0.717) is 0 Å². The van der Waals surface area contributed by atoms with E-state index in [1.165, 1.54) is 54.4 Å². The predicted molar refractivity (Wildman–Crippen MR) is 81.2 cm³/mol. The van der Waals surface area contributed by atoms with Gasteiger partial charge in [0, 0.05) is 0 Å². The first-order valence-corrected chi connectivity index (χ1v) is 7.54. The Kier molecular flexibility index (Phi) is 7.04. The van der Waals surface area contributed by atoms with E-state index in [1.54, 1.807) is 0 Å². The summed E-state index contributed by atoms with van der Waals surface area (Å²) in [5.74, 6) is 0. The molecule has 0 fully saturated rings. The van der Waals surface area contributed by atoms with E-state index in [2.05, 4.69) is 32.9 Å². The van der Waals surface area contributed by atoms with Crippen LogP contribution in [0.4, 0.5) is 0 Å². The van der Waals surface area contributed by atoms with E-state index in [0.717, 1.165) is 19.4 Å². The molecule has 102 valence electrons. The van der Waals surface area contributed by atoms with E-state index in [9.17, 15) is 0 Å². The minimum absolute atomic E-state index is 0.758. The first-order chi connectivity index (χ1) is 8.72. The second-order valence-electron chi connectivity index (χ2n) is 5.25. The maximum absolute atomic E-state index is 5.74. The molecule has 0 saturated carbocycles. The lowest BCUT2D eigenvalue weighted by Crippen LogP contribution is -2.07. The van der Waals surface area contributed by atoms with Crippen LogP contribution in [0.2, 0.25) is 0 Å². The number of hydrogen-bond acceptors (Lipinski definition) is 1. The molecule has 1 nitrogen and oxygen atoms in total. The monoisotopic (exact) mass is 247 g/mol. The zero-order valence-corrected chi connectivity index (χ0v) is 12.4. The zero-order valence-electron chi connectivity index (χ0n) is 12.4. The molecule has 1 aromatic carbocycles. The molecule has 0 amide bonds. The van der Waals surface area contributed by atoms with Gasteiger partial charge in [0.1, 0.15) is 0 Å². The van der Waals surface area contributed by atoms with Crippen molar-refractivity contribution in [2.45, 2.75) is 65.7 Å². The van der Waals surface area contributed by atoms with Crippen LogP contribution in [-0.4, -0.2) is 6.54 Å². The third kappa shape index (κ3) is 4.45. The normalized spacial score (nSPS) is 10.9. The van der Waals surface area contributed by atoms with Crippen molar-refractivity contribution in [3.63, 3.8) is 0 Å². The second kappa shape index (κ2) is 8.31.